The van der Waals surface area contributed by atoms with Crippen LogP contribution in [0, 0.1) is 25.4 Å². The fraction of sp³-hybridized carbons (Fsp3) is 0.111. The van der Waals surface area contributed by atoms with Crippen LogP contribution in [-0.4, -0.2) is 6.41 Å². The molecule has 1 aromatic rings. The minimum absolute atomic E-state index is 0.644. The molecule has 0 fully saturated rings. The molecule has 0 bridgehead atoms. The smallest absolute Gasteiger partial charge is 0.211 e. The van der Waals surface area contributed by atoms with Crippen molar-refractivity contribution in [2.75, 3.05) is 5.32 Å². The summed E-state index contributed by atoms with van der Waals surface area (Å²) >= 11 is 4.22. The Morgan fingerprint density at radius 2 is 2.21 bits per heavy atom. The van der Waals surface area contributed by atoms with Crippen LogP contribution in [-0.2, 0) is 4.79 Å². The van der Waals surface area contributed by atoms with E-state index in [1.165, 1.54) is 0 Å². The Hall–Kier alpha value is -0.360. The number of amides is 1. The third-order valence-electron chi connectivity index (χ3n) is 1.79. The van der Waals surface area contributed by atoms with Gasteiger partial charge in [-0.3, -0.25) is 4.79 Å². The van der Waals surface area contributed by atoms with Crippen LogP contribution < -0.4 is 5.32 Å². The van der Waals surface area contributed by atoms with Crippen molar-refractivity contribution in [3.63, 3.8) is 0 Å². The fourth-order valence-corrected chi connectivity index (χ4v) is 3.01. The molecule has 1 N–H and O–H groups in total. The van der Waals surface area contributed by atoms with Gasteiger partial charge in [0.25, 0.3) is 0 Å². The van der Waals surface area contributed by atoms with Crippen molar-refractivity contribution >= 4 is 57.3 Å². The Morgan fingerprint density at radius 3 is 2.71 bits per heavy atom. The molecule has 0 aromatic heterocycles. The Bertz CT molecular complexity index is 424. The first-order chi connectivity index (χ1) is 6.61. The largest absolute Gasteiger partial charge is 0.327 e. The summed E-state index contributed by atoms with van der Waals surface area (Å²) in [7, 11) is 0. The Balaban J connectivity index is 3.42. The SMILES string of the molecule is Cc1c(C#N)cc(I)c(NC=O)c1I. The molecule has 1 rings (SSSR count). The highest BCUT2D eigenvalue weighted by molar-refractivity contribution is 14.1. The van der Waals surface area contributed by atoms with E-state index in [1.807, 2.05) is 6.92 Å². The minimum atomic E-state index is 0.644. The summed E-state index contributed by atoms with van der Waals surface area (Å²) in [6.07, 6.45) is 0.644. The Morgan fingerprint density at radius 1 is 1.57 bits per heavy atom. The minimum Gasteiger partial charge on any atom is -0.327 e. The summed E-state index contributed by atoms with van der Waals surface area (Å²) in [5, 5.41) is 11.5. The highest BCUT2D eigenvalue weighted by Crippen LogP contribution is 2.29. The zero-order chi connectivity index (χ0) is 10.7. The number of nitrogens with one attached hydrogen (secondary N) is 1. The zero-order valence-electron chi connectivity index (χ0n) is 7.27. The molecular formula is C9H6I2N2O. The number of carbonyl (C=O) groups is 1. The normalized spacial score (nSPS) is 9.29. The van der Waals surface area contributed by atoms with Crippen LogP contribution in [0.4, 0.5) is 5.69 Å². The average Bonchev–Trinajstić information content (AvgIpc) is 2.18. The topological polar surface area (TPSA) is 52.9 Å². The van der Waals surface area contributed by atoms with E-state index < -0.39 is 0 Å². The number of nitrogens with zero attached hydrogens (tertiary/aromatic N) is 1. The van der Waals surface area contributed by atoms with Crippen molar-refractivity contribution in [1.82, 2.24) is 0 Å². The zero-order valence-corrected chi connectivity index (χ0v) is 11.6. The second kappa shape index (κ2) is 4.93. The van der Waals surface area contributed by atoms with E-state index in [9.17, 15) is 4.79 Å². The van der Waals surface area contributed by atoms with Gasteiger partial charge >= 0.3 is 0 Å². The van der Waals surface area contributed by atoms with Crippen LogP contribution in [0.5, 0.6) is 0 Å². The molecule has 14 heavy (non-hydrogen) atoms. The number of halogens is 2. The van der Waals surface area contributed by atoms with Gasteiger partial charge in [0, 0.05) is 7.14 Å². The summed E-state index contributed by atoms with van der Waals surface area (Å²) in [4.78, 5) is 10.4. The molecule has 0 aliphatic heterocycles. The number of anilines is 1. The van der Waals surface area contributed by atoms with Gasteiger partial charge < -0.3 is 5.32 Å². The van der Waals surface area contributed by atoms with Gasteiger partial charge in [-0.1, -0.05) is 0 Å². The van der Waals surface area contributed by atoms with Gasteiger partial charge in [0.05, 0.1) is 17.3 Å². The molecule has 0 aliphatic carbocycles. The van der Waals surface area contributed by atoms with Gasteiger partial charge in [0.1, 0.15) is 0 Å². The molecule has 0 heterocycles. The van der Waals surface area contributed by atoms with Crippen LogP contribution in [0.1, 0.15) is 11.1 Å². The number of nitriles is 1. The number of carbonyl (C=O) groups excluding carboxylic acids is 1. The number of hydrogen-bond donors (Lipinski definition) is 1. The molecular weight excluding hydrogens is 406 g/mol. The third kappa shape index (κ3) is 2.17. The predicted molar refractivity (Wildman–Crippen MR) is 71.0 cm³/mol. The molecule has 0 radical (unpaired) electrons. The summed E-state index contributed by atoms with van der Waals surface area (Å²) in [5.74, 6) is 0. The van der Waals surface area contributed by atoms with Gasteiger partial charge in [-0.25, -0.2) is 0 Å². The molecule has 0 spiro atoms. The lowest BCUT2D eigenvalue weighted by molar-refractivity contribution is -0.105. The van der Waals surface area contributed by atoms with Crippen molar-refractivity contribution in [1.29, 1.82) is 5.26 Å². The quantitative estimate of drug-likeness (QED) is 0.600. The molecule has 5 heteroatoms. The van der Waals surface area contributed by atoms with Crippen LogP contribution in [0.3, 0.4) is 0 Å². The van der Waals surface area contributed by atoms with E-state index in [0.717, 1.165) is 18.4 Å². The van der Waals surface area contributed by atoms with Crippen LogP contribution in [0.15, 0.2) is 6.07 Å². The third-order valence-corrected chi connectivity index (χ3v) is 3.99. The van der Waals surface area contributed by atoms with Crippen molar-refractivity contribution in [2.45, 2.75) is 6.92 Å². The van der Waals surface area contributed by atoms with E-state index in [-0.39, 0.29) is 0 Å². The standard InChI is InChI=1S/C9H6I2N2O/c1-5-6(3-12)2-7(10)9(8(5)11)13-4-14/h2,4H,1H3,(H,13,14). The second-order valence-electron chi connectivity index (χ2n) is 2.59. The van der Waals surface area contributed by atoms with E-state index in [4.69, 9.17) is 5.26 Å². The highest BCUT2D eigenvalue weighted by Gasteiger charge is 2.11. The second-order valence-corrected chi connectivity index (χ2v) is 4.83. The van der Waals surface area contributed by atoms with Gasteiger partial charge in [-0.15, -0.1) is 0 Å². The summed E-state index contributed by atoms with van der Waals surface area (Å²) < 4.78 is 1.79. The average molecular weight is 412 g/mol. The summed E-state index contributed by atoms with van der Waals surface area (Å²) in [6, 6.07) is 3.89. The van der Waals surface area contributed by atoms with Gasteiger partial charge in [0.15, 0.2) is 0 Å². The Kier molecular flexibility index (Phi) is 4.12. The maximum atomic E-state index is 10.4. The lowest BCUT2D eigenvalue weighted by Crippen LogP contribution is -2.02. The monoisotopic (exact) mass is 412 g/mol. The van der Waals surface area contributed by atoms with Crippen molar-refractivity contribution < 1.29 is 4.79 Å². The maximum absolute atomic E-state index is 10.4. The van der Waals surface area contributed by atoms with Crippen LogP contribution in [0.2, 0.25) is 0 Å². The van der Waals surface area contributed by atoms with Crippen molar-refractivity contribution in [2.24, 2.45) is 0 Å². The van der Waals surface area contributed by atoms with Crippen LogP contribution in [0.25, 0.3) is 0 Å². The molecule has 0 aliphatic rings. The first-order valence-electron chi connectivity index (χ1n) is 3.70. The lowest BCUT2D eigenvalue weighted by atomic mass is 10.1. The highest BCUT2D eigenvalue weighted by atomic mass is 127. The summed E-state index contributed by atoms with van der Waals surface area (Å²) in [6.45, 7) is 1.87. The molecule has 0 saturated carbocycles. The maximum Gasteiger partial charge on any atom is 0.211 e. The number of benzene rings is 1. The fourth-order valence-electron chi connectivity index (χ4n) is 1.03. The summed E-state index contributed by atoms with van der Waals surface area (Å²) in [5.41, 5.74) is 2.32. The molecule has 0 saturated heterocycles. The molecule has 72 valence electrons. The first-order valence-corrected chi connectivity index (χ1v) is 5.86. The van der Waals surface area contributed by atoms with E-state index in [0.29, 0.717) is 12.0 Å². The van der Waals surface area contributed by atoms with E-state index >= 15 is 0 Å². The van der Waals surface area contributed by atoms with E-state index in [1.54, 1.807) is 6.07 Å². The molecule has 0 atom stereocenters. The van der Waals surface area contributed by atoms with Crippen LogP contribution >= 0.6 is 45.2 Å². The van der Waals surface area contributed by atoms with E-state index in [2.05, 4.69) is 56.6 Å². The van der Waals surface area contributed by atoms with Gasteiger partial charge in [-0.2, -0.15) is 5.26 Å². The lowest BCUT2D eigenvalue weighted by Gasteiger charge is -2.09. The molecule has 1 aromatic carbocycles. The van der Waals surface area contributed by atoms with Gasteiger partial charge in [-0.05, 0) is 63.7 Å². The first kappa shape index (κ1) is 11.7. The number of hydrogen-bond acceptors (Lipinski definition) is 2. The molecule has 1 amide bonds. The molecule has 0 unspecified atom stereocenters. The van der Waals surface area contributed by atoms with Gasteiger partial charge in [0.2, 0.25) is 6.41 Å². The van der Waals surface area contributed by atoms with Crippen molar-refractivity contribution in [3.8, 4) is 6.07 Å². The predicted octanol–water partition coefficient (Wildman–Crippen LogP) is 2.64. The molecule has 3 nitrogen and oxygen atoms in total. The Labute approximate surface area is 109 Å². The number of rotatable bonds is 2. The van der Waals surface area contributed by atoms with Crippen molar-refractivity contribution in [3.05, 3.63) is 24.3 Å².